The molecular weight excluding hydrogens is 388 g/mol. The molecule has 3 nitrogen and oxygen atoms in total. The van der Waals surface area contributed by atoms with E-state index in [1.165, 1.54) is 16.0 Å². The zero-order chi connectivity index (χ0) is 19.9. The van der Waals surface area contributed by atoms with Gasteiger partial charge in [-0.15, -0.1) is 11.8 Å². The van der Waals surface area contributed by atoms with E-state index in [1.807, 2.05) is 40.9 Å². The Labute approximate surface area is 178 Å². The molecule has 2 atom stereocenters. The summed E-state index contributed by atoms with van der Waals surface area (Å²) in [5.74, 6) is 1.19. The SMILES string of the molecule is CCCC[NH+](CC(=O)N1CCS[C@@H]1c1ccccc1Cl)Cc1ccc(C)cc1. The highest BCUT2D eigenvalue weighted by molar-refractivity contribution is 7.99. The van der Waals surface area contributed by atoms with Crippen molar-refractivity contribution in [3.63, 3.8) is 0 Å². The summed E-state index contributed by atoms with van der Waals surface area (Å²) < 4.78 is 0. The monoisotopic (exact) mass is 417 g/mol. The van der Waals surface area contributed by atoms with Crippen LogP contribution in [0.2, 0.25) is 5.02 Å². The molecule has 28 heavy (non-hydrogen) atoms. The summed E-state index contributed by atoms with van der Waals surface area (Å²) in [6.07, 6.45) is 2.28. The van der Waals surface area contributed by atoms with Gasteiger partial charge in [-0.25, -0.2) is 0 Å². The second-order valence-electron chi connectivity index (χ2n) is 7.52. The Balaban J connectivity index is 1.69. The maximum Gasteiger partial charge on any atom is 0.278 e. The summed E-state index contributed by atoms with van der Waals surface area (Å²) in [6, 6.07) is 16.6. The van der Waals surface area contributed by atoms with Crippen LogP contribution in [-0.4, -0.2) is 36.2 Å². The first-order valence-electron chi connectivity index (χ1n) is 10.1. The molecule has 1 amide bonds. The van der Waals surface area contributed by atoms with Gasteiger partial charge in [-0.2, -0.15) is 0 Å². The van der Waals surface area contributed by atoms with Crippen molar-refractivity contribution in [2.75, 3.05) is 25.4 Å². The zero-order valence-electron chi connectivity index (χ0n) is 16.8. The second kappa shape index (κ2) is 10.3. The number of carbonyl (C=O) groups is 1. The Morgan fingerprint density at radius 2 is 1.96 bits per heavy atom. The van der Waals surface area contributed by atoms with Gasteiger partial charge in [0.15, 0.2) is 6.54 Å². The number of aryl methyl sites for hydroxylation is 1. The van der Waals surface area contributed by atoms with Crippen LogP contribution in [0.3, 0.4) is 0 Å². The van der Waals surface area contributed by atoms with Crippen molar-refractivity contribution in [3.05, 3.63) is 70.2 Å². The molecule has 0 saturated carbocycles. The lowest BCUT2D eigenvalue weighted by atomic mass is 10.1. The Morgan fingerprint density at radius 1 is 1.21 bits per heavy atom. The van der Waals surface area contributed by atoms with Gasteiger partial charge in [0.1, 0.15) is 11.9 Å². The van der Waals surface area contributed by atoms with Gasteiger partial charge in [0, 0.05) is 28.4 Å². The lowest BCUT2D eigenvalue weighted by Crippen LogP contribution is -3.12. The largest absolute Gasteiger partial charge is 0.323 e. The second-order valence-corrected chi connectivity index (χ2v) is 9.12. The van der Waals surface area contributed by atoms with Crippen molar-refractivity contribution in [2.45, 2.75) is 38.6 Å². The van der Waals surface area contributed by atoms with Crippen molar-refractivity contribution in [1.29, 1.82) is 0 Å². The molecule has 1 aliphatic rings. The van der Waals surface area contributed by atoms with E-state index in [0.717, 1.165) is 48.8 Å². The van der Waals surface area contributed by atoms with E-state index >= 15 is 0 Å². The van der Waals surface area contributed by atoms with E-state index < -0.39 is 0 Å². The summed E-state index contributed by atoms with van der Waals surface area (Å²) in [5.41, 5.74) is 3.61. The minimum atomic E-state index is 0.0352. The first-order valence-corrected chi connectivity index (χ1v) is 11.6. The third-order valence-electron chi connectivity index (χ3n) is 5.24. The number of rotatable bonds is 8. The Kier molecular flexibility index (Phi) is 7.83. The number of hydrogen-bond donors (Lipinski definition) is 1. The van der Waals surface area contributed by atoms with Gasteiger partial charge in [0.25, 0.3) is 5.91 Å². The predicted molar refractivity (Wildman–Crippen MR) is 119 cm³/mol. The number of thioether (sulfide) groups is 1. The summed E-state index contributed by atoms with van der Waals surface area (Å²) >= 11 is 8.22. The van der Waals surface area contributed by atoms with Gasteiger partial charge in [0.2, 0.25) is 0 Å². The van der Waals surface area contributed by atoms with Crippen molar-refractivity contribution in [1.82, 2.24) is 4.90 Å². The van der Waals surface area contributed by atoms with E-state index in [0.29, 0.717) is 6.54 Å². The number of amides is 1. The molecule has 0 aliphatic carbocycles. The molecular formula is C23H30ClN2OS+. The highest BCUT2D eigenvalue weighted by Gasteiger charge is 2.33. The normalized spacial score (nSPS) is 17.7. The van der Waals surface area contributed by atoms with Gasteiger partial charge in [0.05, 0.1) is 6.54 Å². The average molecular weight is 418 g/mol. The van der Waals surface area contributed by atoms with E-state index in [1.54, 1.807) is 0 Å². The summed E-state index contributed by atoms with van der Waals surface area (Å²) in [4.78, 5) is 16.6. The van der Waals surface area contributed by atoms with Crippen LogP contribution >= 0.6 is 23.4 Å². The molecule has 0 radical (unpaired) electrons. The van der Waals surface area contributed by atoms with E-state index in [2.05, 4.69) is 38.1 Å². The van der Waals surface area contributed by atoms with E-state index in [-0.39, 0.29) is 11.3 Å². The fourth-order valence-corrected chi connectivity index (χ4v) is 5.25. The summed E-state index contributed by atoms with van der Waals surface area (Å²) in [6.45, 7) is 7.56. The molecule has 1 fully saturated rings. The van der Waals surface area contributed by atoms with Crippen LogP contribution in [-0.2, 0) is 11.3 Å². The zero-order valence-corrected chi connectivity index (χ0v) is 18.4. The van der Waals surface area contributed by atoms with E-state index in [4.69, 9.17) is 11.6 Å². The van der Waals surface area contributed by atoms with Crippen LogP contribution in [0.15, 0.2) is 48.5 Å². The minimum absolute atomic E-state index is 0.0352. The van der Waals surface area contributed by atoms with Crippen LogP contribution in [0.5, 0.6) is 0 Å². The molecule has 1 aliphatic heterocycles. The lowest BCUT2D eigenvalue weighted by molar-refractivity contribution is -0.906. The van der Waals surface area contributed by atoms with Crippen LogP contribution in [0.4, 0.5) is 0 Å². The smallest absolute Gasteiger partial charge is 0.278 e. The lowest BCUT2D eigenvalue weighted by Gasteiger charge is -2.27. The molecule has 1 unspecified atom stereocenters. The standard InChI is InChI=1S/C23H29ClN2OS/c1-3-4-13-25(16-19-11-9-18(2)10-12-19)17-22(27)26-14-15-28-23(26)20-7-5-6-8-21(20)24/h5-12,23H,3-4,13-17H2,1-2H3/p+1/t23-/m1/s1. The van der Waals surface area contributed by atoms with Gasteiger partial charge in [-0.1, -0.05) is 73.0 Å². The molecule has 0 spiro atoms. The number of quaternary nitrogens is 1. The highest BCUT2D eigenvalue weighted by Crippen LogP contribution is 2.40. The number of hydrogen-bond acceptors (Lipinski definition) is 2. The number of unbranched alkanes of at least 4 members (excludes halogenated alkanes) is 1. The Hall–Kier alpha value is -1.49. The van der Waals surface area contributed by atoms with Crippen LogP contribution in [0.25, 0.3) is 0 Å². The summed E-state index contributed by atoms with van der Waals surface area (Å²) in [5, 5.41) is 0.780. The van der Waals surface area contributed by atoms with Gasteiger partial charge >= 0.3 is 0 Å². The molecule has 2 aromatic carbocycles. The maximum atomic E-state index is 13.2. The minimum Gasteiger partial charge on any atom is -0.323 e. The Morgan fingerprint density at radius 3 is 2.68 bits per heavy atom. The van der Waals surface area contributed by atoms with Crippen molar-refractivity contribution >= 4 is 29.3 Å². The van der Waals surface area contributed by atoms with Crippen LogP contribution < -0.4 is 4.90 Å². The number of nitrogens with zero attached hydrogens (tertiary/aromatic N) is 1. The molecule has 150 valence electrons. The van der Waals surface area contributed by atoms with Crippen LogP contribution in [0, 0.1) is 6.92 Å². The average Bonchev–Trinajstić information content (AvgIpc) is 3.18. The third kappa shape index (κ3) is 5.53. The van der Waals surface area contributed by atoms with Gasteiger partial charge in [-0.3, -0.25) is 4.79 Å². The maximum absolute atomic E-state index is 13.2. The highest BCUT2D eigenvalue weighted by atomic mass is 35.5. The summed E-state index contributed by atoms with van der Waals surface area (Å²) in [7, 11) is 0. The first-order chi connectivity index (χ1) is 13.6. The molecule has 0 bridgehead atoms. The van der Waals surface area contributed by atoms with E-state index in [9.17, 15) is 4.79 Å². The van der Waals surface area contributed by atoms with Crippen LogP contribution in [0.1, 0.15) is 41.8 Å². The molecule has 3 rings (SSSR count). The molecule has 0 aromatic heterocycles. The van der Waals surface area contributed by atoms with Gasteiger partial charge in [-0.05, 0) is 19.4 Å². The molecule has 5 heteroatoms. The number of benzene rings is 2. The predicted octanol–water partition coefficient (Wildman–Crippen LogP) is 4.11. The quantitative estimate of drug-likeness (QED) is 0.699. The third-order valence-corrected chi connectivity index (χ3v) is 6.83. The number of halogens is 1. The molecule has 2 aromatic rings. The molecule has 1 heterocycles. The molecule has 1 saturated heterocycles. The number of nitrogens with one attached hydrogen (secondary N) is 1. The molecule has 1 N–H and O–H groups in total. The van der Waals surface area contributed by atoms with Crippen molar-refractivity contribution < 1.29 is 9.69 Å². The van der Waals surface area contributed by atoms with Crippen molar-refractivity contribution in [3.8, 4) is 0 Å². The number of carbonyl (C=O) groups excluding carboxylic acids is 1. The fraction of sp³-hybridized carbons (Fsp3) is 0.435. The first kappa shape index (κ1) is 21.2. The Bertz CT molecular complexity index is 780. The fourth-order valence-electron chi connectivity index (χ4n) is 3.63. The topological polar surface area (TPSA) is 24.8 Å². The van der Waals surface area contributed by atoms with Crippen molar-refractivity contribution in [2.24, 2.45) is 0 Å². The van der Waals surface area contributed by atoms with Gasteiger partial charge < -0.3 is 9.80 Å².